The minimum Gasteiger partial charge on any atom is -0.611 e. The van der Waals surface area contributed by atoms with Crippen LogP contribution in [0.5, 0.6) is 0 Å². The second kappa shape index (κ2) is 7.89. The van der Waals surface area contributed by atoms with Gasteiger partial charge in [-0.2, -0.15) is 0 Å². The van der Waals surface area contributed by atoms with Gasteiger partial charge in [-0.15, -0.1) is 0 Å². The maximum absolute atomic E-state index is 12.7. The van der Waals surface area contributed by atoms with Crippen molar-refractivity contribution in [3.63, 3.8) is 0 Å². The number of halogens is 1. The van der Waals surface area contributed by atoms with Gasteiger partial charge >= 0.3 is 6.09 Å². The smallest absolute Gasteiger partial charge is 0.414 e. The first kappa shape index (κ1) is 19.3. The molecule has 4 atom stereocenters. The number of imide groups is 1. The molecule has 7 heteroatoms. The fraction of sp³-hybridized carbons (Fsp3) is 0.529. The van der Waals surface area contributed by atoms with E-state index in [1.54, 1.807) is 20.8 Å². The summed E-state index contributed by atoms with van der Waals surface area (Å²) in [6.07, 6.45) is 0.484. The summed E-state index contributed by atoms with van der Waals surface area (Å²) in [7, 11) is 0. The Kier molecular flexibility index (Phi) is 6.33. The number of hydrogen-bond donors (Lipinski definition) is 1. The highest BCUT2D eigenvalue weighted by Gasteiger charge is 2.46. The van der Waals surface area contributed by atoms with Crippen molar-refractivity contribution in [1.82, 2.24) is 5.32 Å². The number of amides is 2. The molecular formula is C17H22BrNO4S. The van der Waals surface area contributed by atoms with E-state index in [4.69, 9.17) is 4.74 Å². The van der Waals surface area contributed by atoms with E-state index in [0.29, 0.717) is 12.8 Å². The van der Waals surface area contributed by atoms with E-state index in [1.165, 1.54) is 0 Å². The topological polar surface area (TPSA) is 78.5 Å². The van der Waals surface area contributed by atoms with Crippen LogP contribution in [0.1, 0.15) is 33.6 Å². The van der Waals surface area contributed by atoms with Crippen molar-refractivity contribution in [2.45, 2.75) is 54.2 Å². The molecule has 0 spiro atoms. The van der Waals surface area contributed by atoms with E-state index in [0.717, 1.165) is 4.90 Å². The van der Waals surface area contributed by atoms with Crippen LogP contribution >= 0.6 is 15.9 Å². The van der Waals surface area contributed by atoms with E-state index in [-0.39, 0.29) is 10.1 Å². The molecule has 0 bridgehead atoms. The average Bonchev–Trinajstić information content (AvgIpc) is 2.87. The molecule has 1 N–H and O–H groups in total. The first-order valence-electron chi connectivity index (χ1n) is 7.82. The standard InChI is InChI=1S/C17H22BrNO4S/c1-17(2,3)23-16(21)19-15(20)12-9-10-13(14(12)18)24(22)11-7-5-4-6-8-11/h4-8,12-14H,9-10H2,1-3H3,(H,19,20,21)/t12-,13?,14?,24?/m0/s1. The largest absolute Gasteiger partial charge is 0.611 e. The third-order valence-corrected chi connectivity index (χ3v) is 7.16. The van der Waals surface area contributed by atoms with Crippen molar-refractivity contribution in [2.24, 2.45) is 5.92 Å². The third-order valence-electron chi connectivity index (χ3n) is 3.71. The summed E-state index contributed by atoms with van der Waals surface area (Å²) in [5.41, 5.74) is -0.662. The van der Waals surface area contributed by atoms with Gasteiger partial charge in [0.05, 0.1) is 10.7 Å². The Labute approximate surface area is 153 Å². The Morgan fingerprint density at radius 1 is 1.25 bits per heavy atom. The van der Waals surface area contributed by atoms with Crippen molar-refractivity contribution in [1.29, 1.82) is 0 Å². The van der Waals surface area contributed by atoms with Gasteiger partial charge < -0.3 is 9.29 Å². The lowest BCUT2D eigenvalue weighted by Gasteiger charge is -2.23. The molecule has 2 amide bonds. The zero-order chi connectivity index (χ0) is 17.9. The first-order valence-corrected chi connectivity index (χ1v) is 9.95. The van der Waals surface area contributed by atoms with Gasteiger partial charge in [-0.3, -0.25) is 10.1 Å². The van der Waals surface area contributed by atoms with E-state index in [2.05, 4.69) is 21.2 Å². The van der Waals surface area contributed by atoms with Gasteiger partial charge in [-0.05, 0) is 56.9 Å². The molecule has 1 aliphatic rings. The van der Waals surface area contributed by atoms with Gasteiger partial charge in [-0.25, -0.2) is 4.79 Å². The van der Waals surface area contributed by atoms with Crippen molar-refractivity contribution < 1.29 is 18.9 Å². The van der Waals surface area contributed by atoms with Crippen molar-refractivity contribution in [3.05, 3.63) is 30.3 Å². The van der Waals surface area contributed by atoms with E-state index in [1.807, 2.05) is 30.3 Å². The average molecular weight is 416 g/mol. The van der Waals surface area contributed by atoms with Crippen LogP contribution in [-0.2, 0) is 20.7 Å². The summed E-state index contributed by atoms with van der Waals surface area (Å²) in [5, 5.41) is 2.11. The summed E-state index contributed by atoms with van der Waals surface area (Å²) in [5.74, 6) is -0.797. The molecule has 0 heterocycles. The monoisotopic (exact) mass is 415 g/mol. The molecular weight excluding hydrogens is 394 g/mol. The Morgan fingerprint density at radius 3 is 2.46 bits per heavy atom. The summed E-state index contributed by atoms with van der Waals surface area (Å²) in [6, 6.07) is 9.21. The highest BCUT2D eigenvalue weighted by Crippen LogP contribution is 2.38. The van der Waals surface area contributed by atoms with Crippen LogP contribution in [0.4, 0.5) is 4.79 Å². The molecule has 0 radical (unpaired) electrons. The number of rotatable bonds is 3. The molecule has 1 aliphatic carbocycles. The molecule has 1 saturated carbocycles. The van der Waals surface area contributed by atoms with Crippen LogP contribution in [0.15, 0.2) is 35.2 Å². The summed E-state index contributed by atoms with van der Waals surface area (Å²) in [4.78, 5) is 24.6. The summed E-state index contributed by atoms with van der Waals surface area (Å²) in [6.45, 7) is 5.21. The maximum atomic E-state index is 12.7. The van der Waals surface area contributed by atoms with E-state index < -0.39 is 34.7 Å². The molecule has 0 aromatic heterocycles. The number of ether oxygens (including phenoxy) is 1. The zero-order valence-corrected chi connectivity index (χ0v) is 16.4. The zero-order valence-electron chi connectivity index (χ0n) is 14.0. The highest BCUT2D eigenvalue weighted by atomic mass is 79.9. The number of benzene rings is 1. The number of hydrogen-bond acceptors (Lipinski definition) is 4. The number of carbonyl (C=O) groups excluding carboxylic acids is 2. The normalized spacial score (nSPS) is 25.1. The fourth-order valence-corrected chi connectivity index (χ4v) is 5.56. The second-order valence-corrected chi connectivity index (χ2v) is 9.50. The second-order valence-electron chi connectivity index (χ2n) is 6.77. The molecule has 132 valence electrons. The van der Waals surface area contributed by atoms with Crippen molar-refractivity contribution in [3.8, 4) is 0 Å². The number of alkyl carbamates (subject to hydrolysis) is 1. The van der Waals surface area contributed by atoms with Crippen LogP contribution in [0.2, 0.25) is 0 Å². The third kappa shape index (κ3) is 4.97. The van der Waals surface area contributed by atoms with Crippen LogP contribution in [0.3, 0.4) is 0 Å². The van der Waals surface area contributed by atoms with Crippen LogP contribution in [-0.4, -0.2) is 32.2 Å². The minimum absolute atomic E-state index is 0.165. The molecule has 1 fully saturated rings. The van der Waals surface area contributed by atoms with Crippen LogP contribution < -0.4 is 5.32 Å². The molecule has 0 saturated heterocycles. The minimum atomic E-state index is -1.20. The Morgan fingerprint density at radius 2 is 1.88 bits per heavy atom. The highest BCUT2D eigenvalue weighted by molar-refractivity contribution is 9.09. The molecule has 24 heavy (non-hydrogen) atoms. The van der Waals surface area contributed by atoms with Gasteiger partial charge in [0.1, 0.15) is 10.9 Å². The van der Waals surface area contributed by atoms with Gasteiger partial charge in [-0.1, -0.05) is 34.1 Å². The molecule has 5 nitrogen and oxygen atoms in total. The quantitative estimate of drug-likeness (QED) is 0.605. The maximum Gasteiger partial charge on any atom is 0.414 e. The van der Waals surface area contributed by atoms with E-state index in [9.17, 15) is 14.1 Å². The van der Waals surface area contributed by atoms with Gasteiger partial charge in [0.15, 0.2) is 4.90 Å². The summed E-state index contributed by atoms with van der Waals surface area (Å²) < 4.78 is 17.8. The first-order chi connectivity index (χ1) is 11.2. The van der Waals surface area contributed by atoms with Gasteiger partial charge in [0.25, 0.3) is 0 Å². The lowest BCUT2D eigenvalue weighted by Crippen LogP contribution is -2.42. The Balaban J connectivity index is 1.97. The van der Waals surface area contributed by atoms with Crippen LogP contribution in [0.25, 0.3) is 0 Å². The molecule has 1 aromatic rings. The Bertz CT molecular complexity index is 590. The molecule has 2 rings (SSSR count). The number of alkyl halides is 1. The number of carbonyl (C=O) groups is 2. The Hall–Kier alpha value is -1.05. The predicted molar refractivity (Wildman–Crippen MR) is 96.5 cm³/mol. The fourth-order valence-electron chi connectivity index (χ4n) is 2.65. The number of nitrogens with one attached hydrogen (secondary N) is 1. The lowest BCUT2D eigenvalue weighted by molar-refractivity contribution is -0.124. The molecule has 3 unspecified atom stereocenters. The van der Waals surface area contributed by atoms with Crippen LogP contribution in [0, 0.1) is 5.92 Å². The predicted octanol–water partition coefficient (Wildman–Crippen LogP) is 3.39. The lowest BCUT2D eigenvalue weighted by atomic mass is 10.1. The molecule has 0 aliphatic heterocycles. The van der Waals surface area contributed by atoms with Crippen molar-refractivity contribution in [2.75, 3.05) is 0 Å². The SMILES string of the molecule is CC(C)(C)OC(=O)NC(=O)[C@H]1CCC([S+]([O-])c2ccccc2)C1Br. The van der Waals surface area contributed by atoms with Crippen molar-refractivity contribution >= 4 is 39.1 Å². The summed E-state index contributed by atoms with van der Waals surface area (Å²) >= 11 is 2.32. The van der Waals surface area contributed by atoms with E-state index >= 15 is 0 Å². The molecule has 1 aromatic carbocycles. The van der Waals surface area contributed by atoms with Gasteiger partial charge in [0, 0.05) is 0 Å². The van der Waals surface area contributed by atoms with Gasteiger partial charge in [0.2, 0.25) is 5.91 Å².